The van der Waals surface area contributed by atoms with Crippen molar-refractivity contribution in [3.63, 3.8) is 0 Å². The van der Waals surface area contributed by atoms with Gasteiger partial charge in [-0.05, 0) is 20.3 Å². The van der Waals surface area contributed by atoms with E-state index in [0.29, 0.717) is 29.4 Å². The summed E-state index contributed by atoms with van der Waals surface area (Å²) in [4.78, 5) is 0.328. The lowest BCUT2D eigenvalue weighted by Crippen LogP contribution is -2.32. The highest BCUT2D eigenvalue weighted by Crippen LogP contribution is 2.25. The number of hydrogen-bond donors (Lipinski definition) is 1. The Hall–Kier alpha value is -0.630. The van der Waals surface area contributed by atoms with Crippen LogP contribution in [0.1, 0.15) is 17.8 Å². The van der Waals surface area contributed by atoms with Gasteiger partial charge in [0.15, 0.2) is 0 Å². The first-order valence-electron chi connectivity index (χ1n) is 5.60. The van der Waals surface area contributed by atoms with Gasteiger partial charge in [-0.1, -0.05) is 0 Å². The summed E-state index contributed by atoms with van der Waals surface area (Å²) < 4.78 is 28.0. The van der Waals surface area contributed by atoms with E-state index in [2.05, 4.69) is 5.10 Å². The van der Waals surface area contributed by atoms with Crippen molar-refractivity contribution < 1.29 is 8.42 Å². The first kappa shape index (κ1) is 15.4. The average molecular weight is 295 g/mol. The zero-order chi connectivity index (χ0) is 12.8. The number of nitrogens with zero attached hydrogens (tertiary/aromatic N) is 3. The second-order valence-electron chi connectivity index (χ2n) is 4.54. The number of halogens is 1. The molecule has 1 fully saturated rings. The fourth-order valence-corrected chi connectivity index (χ4v) is 4.14. The Bertz CT molecular complexity index is 540. The largest absolute Gasteiger partial charge is 0.326 e. The number of hydrogen-bond acceptors (Lipinski definition) is 4. The standard InChI is InChI=1S/C10H18N4O2S.ClH/c1-7-10(8(2)13(3)12-7)17(15,16)14-5-4-9(11)6-14;/h9H,4-6,11H2,1-3H3;1H. The van der Waals surface area contributed by atoms with Crippen LogP contribution < -0.4 is 5.73 Å². The second-order valence-corrected chi connectivity index (χ2v) is 6.41. The third kappa shape index (κ3) is 2.40. The Balaban J connectivity index is 0.00000162. The number of sulfonamides is 1. The molecule has 0 aliphatic carbocycles. The molecule has 0 amide bonds. The van der Waals surface area contributed by atoms with Crippen LogP contribution in [0.25, 0.3) is 0 Å². The topological polar surface area (TPSA) is 81.2 Å². The minimum Gasteiger partial charge on any atom is -0.326 e. The number of rotatable bonds is 2. The van der Waals surface area contributed by atoms with Crippen molar-refractivity contribution in [1.29, 1.82) is 0 Å². The maximum atomic E-state index is 12.5. The van der Waals surface area contributed by atoms with Gasteiger partial charge in [-0.25, -0.2) is 8.42 Å². The van der Waals surface area contributed by atoms with Gasteiger partial charge >= 0.3 is 0 Å². The third-order valence-electron chi connectivity index (χ3n) is 3.23. The van der Waals surface area contributed by atoms with Gasteiger partial charge in [-0.2, -0.15) is 9.40 Å². The Morgan fingerprint density at radius 2 is 2.00 bits per heavy atom. The molecule has 0 radical (unpaired) electrons. The van der Waals surface area contributed by atoms with Crippen molar-refractivity contribution in [3.05, 3.63) is 11.4 Å². The second kappa shape index (κ2) is 5.16. The van der Waals surface area contributed by atoms with E-state index < -0.39 is 10.0 Å². The minimum atomic E-state index is -3.44. The summed E-state index contributed by atoms with van der Waals surface area (Å²) in [6, 6.07) is -0.0536. The van der Waals surface area contributed by atoms with Crippen LogP contribution in [-0.2, 0) is 17.1 Å². The van der Waals surface area contributed by atoms with Crippen LogP contribution in [0.3, 0.4) is 0 Å². The quantitative estimate of drug-likeness (QED) is 0.844. The van der Waals surface area contributed by atoms with Crippen molar-refractivity contribution in [2.45, 2.75) is 31.2 Å². The van der Waals surface area contributed by atoms with Crippen LogP contribution in [0.15, 0.2) is 4.90 Å². The molecule has 0 saturated carbocycles. The molecule has 1 atom stereocenters. The molecule has 1 unspecified atom stereocenters. The maximum Gasteiger partial charge on any atom is 0.246 e. The molecule has 0 spiro atoms. The summed E-state index contributed by atoms with van der Waals surface area (Å²) in [5.41, 5.74) is 6.97. The Morgan fingerprint density at radius 3 is 2.39 bits per heavy atom. The first-order chi connectivity index (χ1) is 7.84. The smallest absolute Gasteiger partial charge is 0.246 e. The molecule has 0 bridgehead atoms. The van der Waals surface area contributed by atoms with E-state index in [-0.39, 0.29) is 18.4 Å². The van der Waals surface area contributed by atoms with Crippen LogP contribution in [0, 0.1) is 13.8 Å². The summed E-state index contributed by atoms with van der Waals surface area (Å²) in [5.74, 6) is 0. The van der Waals surface area contributed by atoms with E-state index in [0.717, 1.165) is 6.42 Å². The molecule has 1 aliphatic rings. The molecule has 104 valence electrons. The lowest BCUT2D eigenvalue weighted by molar-refractivity contribution is 0.471. The number of nitrogens with two attached hydrogens (primary N) is 1. The van der Waals surface area contributed by atoms with Gasteiger partial charge in [0.05, 0.1) is 11.4 Å². The van der Waals surface area contributed by atoms with Gasteiger partial charge in [0.2, 0.25) is 10.0 Å². The van der Waals surface area contributed by atoms with Crippen molar-refractivity contribution in [1.82, 2.24) is 14.1 Å². The number of aryl methyl sites for hydroxylation is 2. The fraction of sp³-hybridized carbons (Fsp3) is 0.700. The molecule has 2 N–H and O–H groups in total. The Kier molecular flexibility index (Phi) is 4.42. The van der Waals surface area contributed by atoms with Crippen molar-refractivity contribution in [2.75, 3.05) is 13.1 Å². The molecule has 2 rings (SSSR count). The van der Waals surface area contributed by atoms with Gasteiger partial charge in [-0.15, -0.1) is 12.4 Å². The van der Waals surface area contributed by atoms with Crippen LogP contribution in [0.5, 0.6) is 0 Å². The van der Waals surface area contributed by atoms with Crippen molar-refractivity contribution in [2.24, 2.45) is 12.8 Å². The van der Waals surface area contributed by atoms with E-state index in [4.69, 9.17) is 5.73 Å². The van der Waals surface area contributed by atoms with Crippen LogP contribution in [-0.4, -0.2) is 41.6 Å². The predicted molar refractivity (Wildman–Crippen MR) is 71.3 cm³/mol. The molecule has 18 heavy (non-hydrogen) atoms. The van der Waals surface area contributed by atoms with Gasteiger partial charge in [0.1, 0.15) is 4.90 Å². The normalized spacial score (nSPS) is 21.0. The fourth-order valence-electron chi connectivity index (χ4n) is 2.23. The van der Waals surface area contributed by atoms with Crippen molar-refractivity contribution >= 4 is 22.4 Å². The summed E-state index contributed by atoms with van der Waals surface area (Å²) in [7, 11) is -1.70. The van der Waals surface area contributed by atoms with E-state index in [1.165, 1.54) is 4.31 Å². The average Bonchev–Trinajstić information content (AvgIpc) is 2.73. The predicted octanol–water partition coefficient (Wildman–Crippen LogP) is 0.180. The number of aromatic nitrogens is 2. The zero-order valence-electron chi connectivity index (χ0n) is 10.8. The van der Waals surface area contributed by atoms with E-state index in [9.17, 15) is 8.42 Å². The lowest BCUT2D eigenvalue weighted by Gasteiger charge is -2.16. The molecule has 1 saturated heterocycles. The van der Waals surface area contributed by atoms with Crippen LogP contribution in [0.2, 0.25) is 0 Å². The molecule has 2 heterocycles. The van der Waals surface area contributed by atoms with Crippen molar-refractivity contribution in [3.8, 4) is 0 Å². The molecule has 1 aromatic rings. The lowest BCUT2D eigenvalue weighted by atomic mass is 10.3. The maximum absolute atomic E-state index is 12.5. The highest BCUT2D eigenvalue weighted by atomic mass is 35.5. The molecule has 6 nitrogen and oxygen atoms in total. The monoisotopic (exact) mass is 294 g/mol. The molecular formula is C10H19ClN4O2S. The highest BCUT2D eigenvalue weighted by molar-refractivity contribution is 7.89. The van der Waals surface area contributed by atoms with Gasteiger partial charge in [0.25, 0.3) is 0 Å². The van der Waals surface area contributed by atoms with Crippen LogP contribution in [0.4, 0.5) is 0 Å². The molecule has 1 aliphatic heterocycles. The minimum absolute atomic E-state index is 0. The molecule has 8 heteroatoms. The summed E-state index contributed by atoms with van der Waals surface area (Å²) >= 11 is 0. The Morgan fingerprint density at radius 1 is 1.39 bits per heavy atom. The summed E-state index contributed by atoms with van der Waals surface area (Å²) in [6.07, 6.45) is 0.720. The van der Waals surface area contributed by atoms with E-state index in [1.807, 2.05) is 0 Å². The highest BCUT2D eigenvalue weighted by Gasteiger charge is 2.34. The first-order valence-corrected chi connectivity index (χ1v) is 7.04. The van der Waals surface area contributed by atoms with E-state index in [1.54, 1.807) is 25.6 Å². The van der Waals surface area contributed by atoms with E-state index >= 15 is 0 Å². The van der Waals surface area contributed by atoms with Gasteiger partial charge < -0.3 is 5.73 Å². The summed E-state index contributed by atoms with van der Waals surface area (Å²) in [6.45, 7) is 4.38. The zero-order valence-corrected chi connectivity index (χ0v) is 12.4. The SMILES string of the molecule is Cc1nn(C)c(C)c1S(=O)(=O)N1CCC(N)C1.Cl. The Labute approximate surface area is 114 Å². The van der Waals surface area contributed by atoms with Crippen LogP contribution >= 0.6 is 12.4 Å². The summed E-state index contributed by atoms with van der Waals surface area (Å²) in [5, 5.41) is 4.15. The van der Waals surface area contributed by atoms with Gasteiger partial charge in [-0.3, -0.25) is 4.68 Å². The molecule has 1 aromatic heterocycles. The van der Waals surface area contributed by atoms with Gasteiger partial charge in [0, 0.05) is 26.2 Å². The molecule has 0 aromatic carbocycles. The molecular weight excluding hydrogens is 276 g/mol. The third-order valence-corrected chi connectivity index (χ3v) is 5.35.